The van der Waals surface area contributed by atoms with Crippen LogP contribution in [0.1, 0.15) is 23.6 Å². The number of phenolic OH excluding ortho intramolecular Hbond substituents is 1. The fraction of sp³-hybridized carbons (Fsp3) is 0.417. The molecule has 0 aliphatic carbocycles. The summed E-state index contributed by atoms with van der Waals surface area (Å²) in [7, 11) is 0. The van der Waals surface area contributed by atoms with Crippen molar-refractivity contribution in [2.24, 2.45) is 5.73 Å². The normalized spacial score (nSPS) is 11.7. The Morgan fingerprint density at radius 1 is 1.47 bits per heavy atom. The maximum atomic E-state index is 10.7. The predicted octanol–water partition coefficient (Wildman–Crippen LogP) is 1.80. The topological polar surface area (TPSA) is 83.5 Å². The van der Waals surface area contributed by atoms with E-state index in [2.05, 4.69) is 0 Å². The van der Waals surface area contributed by atoms with Gasteiger partial charge in [-0.15, -0.1) is 17.0 Å². The van der Waals surface area contributed by atoms with Crippen LogP contribution in [0.3, 0.4) is 0 Å². The number of phenols is 1. The van der Waals surface area contributed by atoms with Gasteiger partial charge in [0.2, 0.25) is 0 Å². The molecule has 1 aromatic rings. The summed E-state index contributed by atoms with van der Waals surface area (Å²) in [4.78, 5) is 10.7. The molecular weight excluding hydrogens is 286 g/mol. The van der Waals surface area contributed by atoms with Gasteiger partial charge < -0.3 is 15.9 Å². The van der Waals surface area contributed by atoms with Crippen LogP contribution in [-0.2, 0) is 17.6 Å². The third kappa shape index (κ3) is 4.02. The van der Waals surface area contributed by atoms with Crippen molar-refractivity contribution in [2.75, 3.05) is 0 Å². The number of nitrogens with two attached hydrogens (primary N) is 1. The monoisotopic (exact) mass is 303 g/mol. The smallest absolute Gasteiger partial charge is 0.320 e. The van der Waals surface area contributed by atoms with E-state index in [0.29, 0.717) is 6.42 Å². The molecule has 1 atom stereocenters. The molecule has 0 saturated heterocycles. The largest absolute Gasteiger partial charge is 0.508 e. The number of carboxylic acid groups (broad SMARTS) is 1. The molecule has 0 fully saturated rings. The summed E-state index contributed by atoms with van der Waals surface area (Å²) in [5.74, 6) is -0.795. The van der Waals surface area contributed by atoms with Gasteiger partial charge in [-0.2, -0.15) is 0 Å². The summed E-state index contributed by atoms with van der Waals surface area (Å²) >= 11 is 0. The first kappa shape index (κ1) is 15.9. The van der Waals surface area contributed by atoms with Crippen LogP contribution in [-0.4, -0.2) is 22.2 Å². The zero-order valence-corrected chi connectivity index (χ0v) is 11.6. The van der Waals surface area contributed by atoms with E-state index >= 15 is 0 Å². The van der Waals surface area contributed by atoms with Gasteiger partial charge in [0, 0.05) is 0 Å². The lowest BCUT2D eigenvalue weighted by molar-refractivity contribution is -0.138. The minimum absolute atomic E-state index is 0. The highest BCUT2D eigenvalue weighted by Crippen LogP contribution is 2.23. The molecule has 0 spiro atoms. The van der Waals surface area contributed by atoms with Gasteiger partial charge in [-0.3, -0.25) is 4.79 Å². The number of aryl methyl sites for hydroxylation is 2. The Kier molecular flexibility index (Phi) is 6.20. The molecule has 17 heavy (non-hydrogen) atoms. The highest BCUT2D eigenvalue weighted by molar-refractivity contribution is 8.93. The van der Waals surface area contributed by atoms with Crippen molar-refractivity contribution in [1.29, 1.82) is 0 Å². The molecule has 0 aliphatic rings. The third-order valence-electron chi connectivity index (χ3n) is 2.67. The molecule has 4 N–H and O–H groups in total. The zero-order valence-electron chi connectivity index (χ0n) is 9.93. The molecule has 1 aromatic carbocycles. The lowest BCUT2D eigenvalue weighted by atomic mass is 9.94. The van der Waals surface area contributed by atoms with E-state index in [1.807, 2.05) is 13.8 Å². The first-order valence-corrected chi connectivity index (χ1v) is 5.25. The summed E-state index contributed by atoms with van der Waals surface area (Å²) in [6.45, 7) is 3.81. The van der Waals surface area contributed by atoms with Gasteiger partial charge in [-0.1, -0.05) is 6.92 Å². The van der Waals surface area contributed by atoms with E-state index in [-0.39, 0.29) is 22.7 Å². The fourth-order valence-corrected chi connectivity index (χ4v) is 1.78. The summed E-state index contributed by atoms with van der Waals surface area (Å²) in [6.07, 6.45) is 1.04. The molecule has 5 heteroatoms. The Morgan fingerprint density at radius 2 is 2.06 bits per heavy atom. The Labute approximate surface area is 111 Å². The SMILES string of the molecule is Br.CCc1cc(O)cc(C)c1C[C@H](N)C(=O)O. The summed E-state index contributed by atoms with van der Waals surface area (Å²) in [5, 5.41) is 18.2. The number of rotatable bonds is 4. The highest BCUT2D eigenvalue weighted by atomic mass is 79.9. The van der Waals surface area contributed by atoms with Gasteiger partial charge in [-0.05, 0) is 48.6 Å². The van der Waals surface area contributed by atoms with Crippen molar-refractivity contribution in [2.45, 2.75) is 32.7 Å². The summed E-state index contributed by atoms with van der Waals surface area (Å²) in [5.41, 5.74) is 8.28. The number of benzene rings is 1. The summed E-state index contributed by atoms with van der Waals surface area (Å²) in [6, 6.07) is 2.40. The first-order chi connectivity index (χ1) is 7.45. The van der Waals surface area contributed by atoms with Crippen molar-refractivity contribution < 1.29 is 15.0 Å². The van der Waals surface area contributed by atoms with E-state index in [1.165, 1.54) is 0 Å². The van der Waals surface area contributed by atoms with Crippen LogP contribution in [0, 0.1) is 6.92 Å². The zero-order chi connectivity index (χ0) is 12.3. The number of hydrogen-bond acceptors (Lipinski definition) is 3. The van der Waals surface area contributed by atoms with Crippen LogP contribution < -0.4 is 5.73 Å². The molecular formula is C12H18BrNO3. The van der Waals surface area contributed by atoms with Gasteiger partial charge >= 0.3 is 5.97 Å². The number of halogens is 1. The molecule has 0 amide bonds. The van der Waals surface area contributed by atoms with E-state index in [1.54, 1.807) is 12.1 Å². The van der Waals surface area contributed by atoms with Crippen LogP contribution in [0.5, 0.6) is 5.75 Å². The molecule has 0 saturated carbocycles. The Hall–Kier alpha value is -1.07. The number of aromatic hydroxyl groups is 1. The van der Waals surface area contributed by atoms with Crippen molar-refractivity contribution in [3.8, 4) is 5.75 Å². The van der Waals surface area contributed by atoms with Crippen LogP contribution in [0.15, 0.2) is 12.1 Å². The molecule has 0 aliphatic heterocycles. The van der Waals surface area contributed by atoms with E-state index in [9.17, 15) is 9.90 Å². The minimum atomic E-state index is -1.01. The second-order valence-electron chi connectivity index (χ2n) is 3.90. The standard InChI is InChI=1S/C12H17NO3.BrH/c1-3-8-5-9(14)4-7(2)10(8)6-11(13)12(15)16;/h4-5,11,14H,3,6,13H2,1-2H3,(H,15,16);1H/t11-;/m0./s1. The fourth-order valence-electron chi connectivity index (χ4n) is 1.78. The molecule has 0 bridgehead atoms. The second-order valence-corrected chi connectivity index (χ2v) is 3.90. The highest BCUT2D eigenvalue weighted by Gasteiger charge is 2.16. The molecule has 4 nitrogen and oxygen atoms in total. The van der Waals surface area contributed by atoms with Crippen molar-refractivity contribution in [1.82, 2.24) is 0 Å². The quantitative estimate of drug-likeness (QED) is 0.792. The van der Waals surface area contributed by atoms with Crippen LogP contribution in [0.25, 0.3) is 0 Å². The number of carboxylic acids is 1. The van der Waals surface area contributed by atoms with E-state index in [0.717, 1.165) is 23.1 Å². The molecule has 0 radical (unpaired) electrons. The average Bonchev–Trinajstić information content (AvgIpc) is 2.21. The molecule has 0 unspecified atom stereocenters. The van der Waals surface area contributed by atoms with Gasteiger partial charge in [0.1, 0.15) is 11.8 Å². The lowest BCUT2D eigenvalue weighted by Crippen LogP contribution is -2.32. The van der Waals surface area contributed by atoms with Crippen LogP contribution in [0.2, 0.25) is 0 Å². The Bertz CT molecular complexity index is 407. The molecule has 0 heterocycles. The molecule has 96 valence electrons. The van der Waals surface area contributed by atoms with Crippen LogP contribution in [0.4, 0.5) is 0 Å². The maximum absolute atomic E-state index is 10.7. The lowest BCUT2D eigenvalue weighted by Gasteiger charge is -2.14. The Morgan fingerprint density at radius 3 is 2.53 bits per heavy atom. The van der Waals surface area contributed by atoms with Gasteiger partial charge in [0.05, 0.1) is 0 Å². The number of aliphatic carboxylic acids is 1. The van der Waals surface area contributed by atoms with Crippen LogP contribution >= 0.6 is 17.0 Å². The first-order valence-electron chi connectivity index (χ1n) is 5.25. The van der Waals surface area contributed by atoms with Gasteiger partial charge in [0.15, 0.2) is 0 Å². The third-order valence-corrected chi connectivity index (χ3v) is 2.67. The van der Waals surface area contributed by atoms with Gasteiger partial charge in [0.25, 0.3) is 0 Å². The van der Waals surface area contributed by atoms with Gasteiger partial charge in [-0.25, -0.2) is 0 Å². The minimum Gasteiger partial charge on any atom is -0.508 e. The predicted molar refractivity (Wildman–Crippen MR) is 71.9 cm³/mol. The maximum Gasteiger partial charge on any atom is 0.320 e. The molecule has 1 rings (SSSR count). The van der Waals surface area contributed by atoms with Crippen molar-refractivity contribution in [3.63, 3.8) is 0 Å². The average molecular weight is 304 g/mol. The van der Waals surface area contributed by atoms with Crippen molar-refractivity contribution in [3.05, 3.63) is 28.8 Å². The second kappa shape index (κ2) is 6.61. The summed E-state index contributed by atoms with van der Waals surface area (Å²) < 4.78 is 0. The van der Waals surface area contributed by atoms with E-state index < -0.39 is 12.0 Å². The van der Waals surface area contributed by atoms with Crippen molar-refractivity contribution >= 4 is 23.0 Å². The Balaban J connectivity index is 0.00000256. The van der Waals surface area contributed by atoms with E-state index in [4.69, 9.17) is 10.8 Å². The number of carbonyl (C=O) groups is 1. The molecule has 0 aromatic heterocycles. The number of hydrogen-bond donors (Lipinski definition) is 3.